The molecule has 0 aromatic heterocycles. The molecule has 0 saturated heterocycles. The Bertz CT molecular complexity index is 1410. The molecule has 0 bridgehead atoms. The third-order valence-electron chi connectivity index (χ3n) is 6.00. The average Bonchev–Trinajstić information content (AvgIpc) is 2.85. The van der Waals surface area contributed by atoms with Gasteiger partial charge in [0.05, 0.1) is 12.6 Å². The van der Waals surface area contributed by atoms with Gasteiger partial charge in [-0.3, -0.25) is 0 Å². The lowest BCUT2D eigenvalue weighted by Gasteiger charge is -2.43. The second-order valence-electron chi connectivity index (χ2n) is 11.9. The van der Waals surface area contributed by atoms with Crippen molar-refractivity contribution < 1.29 is 30.8 Å². The van der Waals surface area contributed by atoms with Crippen molar-refractivity contribution in [3.8, 4) is 0 Å². The predicted octanol–water partition coefficient (Wildman–Crippen LogP) is 3.08. The number of benzene rings is 2. The molecule has 0 aliphatic carbocycles. The number of carbonyl (C=O) groups excluding carboxylic acids is 1. The zero-order valence-corrected chi connectivity index (χ0v) is 27.8. The summed E-state index contributed by atoms with van der Waals surface area (Å²) in [5, 5.41) is 11.0. The number of primary sulfonamides is 1. The number of rotatable bonds is 12. The van der Waals surface area contributed by atoms with Crippen molar-refractivity contribution in [2.45, 2.75) is 71.2 Å². The first kappa shape index (κ1) is 35.4. The van der Waals surface area contributed by atoms with Crippen LogP contribution in [-0.4, -0.2) is 55.5 Å². The van der Waals surface area contributed by atoms with Crippen LogP contribution in [0.2, 0.25) is 5.04 Å². The molecule has 0 saturated carbocycles. The molecule has 2 rings (SSSR count). The lowest BCUT2D eigenvalue weighted by molar-refractivity contribution is 0.0500. The Labute approximate surface area is 251 Å². The minimum absolute atomic E-state index is 0.0561. The van der Waals surface area contributed by atoms with Crippen molar-refractivity contribution in [1.82, 2.24) is 10.0 Å². The van der Waals surface area contributed by atoms with Crippen molar-refractivity contribution in [3.05, 3.63) is 83.6 Å². The van der Waals surface area contributed by atoms with Gasteiger partial charge in [0, 0.05) is 16.9 Å². The number of nitrogens with two attached hydrogens (primary N) is 1. The number of hydrogen-bond donors (Lipinski definition) is 3. The van der Waals surface area contributed by atoms with Gasteiger partial charge in [0.2, 0.25) is 20.0 Å². The molecule has 10 nitrogen and oxygen atoms in total. The number of alkyl carbamates (subject to hydrolysis) is 1. The molecule has 0 fully saturated rings. The molecular formula is C29H43N3O7S2Si. The maximum Gasteiger partial charge on any atom is 0.408 e. The summed E-state index contributed by atoms with van der Waals surface area (Å²) in [7, 11) is -11.0. The topological polar surface area (TPSA) is 154 Å². The smallest absolute Gasteiger partial charge is 0.408 e. The van der Waals surface area contributed by atoms with Gasteiger partial charge in [0.15, 0.2) is 0 Å². The average molecular weight is 638 g/mol. The Balaban J connectivity index is 2.48. The van der Waals surface area contributed by atoms with Gasteiger partial charge in [-0.2, -0.15) is 0 Å². The van der Waals surface area contributed by atoms with Crippen LogP contribution in [0.4, 0.5) is 4.79 Å². The first-order valence-corrected chi connectivity index (χ1v) is 18.5. The molecule has 0 aliphatic heterocycles. The zero-order valence-electron chi connectivity index (χ0n) is 25.2. The molecule has 232 valence electrons. The summed E-state index contributed by atoms with van der Waals surface area (Å²) in [5.74, 6) is 0. The molecule has 0 heterocycles. The largest absolute Gasteiger partial charge is 0.444 e. The third kappa shape index (κ3) is 11.1. The van der Waals surface area contributed by atoms with Gasteiger partial charge in [-0.25, -0.2) is 31.5 Å². The monoisotopic (exact) mass is 637 g/mol. The molecule has 2 aromatic rings. The van der Waals surface area contributed by atoms with Crippen LogP contribution in [0.25, 0.3) is 0 Å². The highest BCUT2D eigenvalue weighted by Gasteiger charge is 2.50. The summed E-state index contributed by atoms with van der Waals surface area (Å²) in [6, 6.07) is 18.0. The van der Waals surface area contributed by atoms with Crippen LogP contribution in [0.5, 0.6) is 0 Å². The van der Waals surface area contributed by atoms with Crippen LogP contribution in [0.1, 0.15) is 48.5 Å². The fourth-order valence-electron chi connectivity index (χ4n) is 4.34. The van der Waals surface area contributed by atoms with Gasteiger partial charge in [-0.15, -0.1) is 0 Å². The van der Waals surface area contributed by atoms with E-state index in [2.05, 4.69) is 30.8 Å². The van der Waals surface area contributed by atoms with Crippen molar-refractivity contribution in [3.63, 3.8) is 0 Å². The number of sulfonamides is 2. The molecule has 0 spiro atoms. The highest BCUT2D eigenvalue weighted by atomic mass is 32.2. The van der Waals surface area contributed by atoms with Gasteiger partial charge in [-0.05, 0) is 49.2 Å². The van der Waals surface area contributed by atoms with Crippen LogP contribution >= 0.6 is 0 Å². The Morgan fingerprint density at radius 3 is 1.81 bits per heavy atom. The minimum Gasteiger partial charge on any atom is -0.444 e. The number of amides is 1. The lowest BCUT2D eigenvalue weighted by atomic mass is 10.2. The molecule has 1 amide bonds. The van der Waals surface area contributed by atoms with Crippen molar-refractivity contribution in [1.29, 1.82) is 0 Å². The molecule has 2 atom stereocenters. The second kappa shape index (κ2) is 14.1. The molecule has 0 unspecified atom stereocenters. The van der Waals surface area contributed by atoms with E-state index >= 15 is 0 Å². The van der Waals surface area contributed by atoms with Crippen molar-refractivity contribution >= 4 is 44.8 Å². The quantitative estimate of drug-likeness (QED) is 0.302. The van der Waals surface area contributed by atoms with Gasteiger partial charge in [-0.1, -0.05) is 87.5 Å². The van der Waals surface area contributed by atoms with E-state index in [0.717, 1.165) is 21.9 Å². The molecule has 2 aromatic carbocycles. The molecule has 4 N–H and O–H groups in total. The summed E-state index contributed by atoms with van der Waals surface area (Å²) in [5.41, 5.74) is -0.782. The van der Waals surface area contributed by atoms with Gasteiger partial charge < -0.3 is 14.5 Å². The van der Waals surface area contributed by atoms with Crippen LogP contribution in [-0.2, 0) is 29.2 Å². The highest BCUT2D eigenvalue weighted by Crippen LogP contribution is 2.36. The lowest BCUT2D eigenvalue weighted by Crippen LogP contribution is -2.67. The summed E-state index contributed by atoms with van der Waals surface area (Å²) in [4.78, 5) is 12.8. The highest BCUT2D eigenvalue weighted by molar-refractivity contribution is 7.92. The van der Waals surface area contributed by atoms with E-state index in [-0.39, 0.29) is 11.6 Å². The summed E-state index contributed by atoms with van der Waals surface area (Å²) in [6.45, 7) is 12.9. The number of carbonyl (C=O) groups is 1. The van der Waals surface area contributed by atoms with E-state index < -0.39 is 52.1 Å². The van der Waals surface area contributed by atoms with Gasteiger partial charge in [0.25, 0.3) is 8.32 Å². The zero-order chi connectivity index (χ0) is 31.8. The van der Waals surface area contributed by atoms with E-state index in [0.29, 0.717) is 5.41 Å². The van der Waals surface area contributed by atoms with E-state index in [1.54, 1.807) is 20.8 Å². The summed E-state index contributed by atoms with van der Waals surface area (Å²) >= 11 is 0. The maximum atomic E-state index is 12.8. The second-order valence-corrected chi connectivity index (χ2v) is 19.3. The van der Waals surface area contributed by atoms with Crippen molar-refractivity contribution in [2.24, 2.45) is 5.14 Å². The van der Waals surface area contributed by atoms with Gasteiger partial charge >= 0.3 is 6.09 Å². The standard InChI is InChI=1S/C29H43N3O7S2Si/c1-23(18-20-40(30,34)35)32-41(36,37)21-19-24(31-27(33)39-28(2,3)4)22-38-42(29(5,6)7,25-14-10-8-11-15-25)26-16-12-9-13-17-26/h8-21,23-24,32H,22H2,1-7H3,(H,31,33)(H2,30,34,35)/b20-18+,21-19+/t23-,24+/m0/s1. The number of hydrogen-bond acceptors (Lipinski definition) is 7. The Kier molecular flexibility index (Phi) is 11.9. The summed E-state index contributed by atoms with van der Waals surface area (Å²) < 4.78 is 62.6. The van der Waals surface area contributed by atoms with Gasteiger partial charge in [0.1, 0.15) is 5.60 Å². The first-order valence-electron chi connectivity index (χ1n) is 13.4. The molecule has 0 radical (unpaired) electrons. The molecule has 13 heteroatoms. The van der Waals surface area contributed by atoms with E-state index in [9.17, 15) is 21.6 Å². The van der Waals surface area contributed by atoms with Crippen LogP contribution in [0.3, 0.4) is 0 Å². The van der Waals surface area contributed by atoms with Crippen LogP contribution < -0.4 is 25.6 Å². The number of ether oxygens (including phenoxy) is 1. The molecule has 0 aliphatic rings. The minimum atomic E-state index is -4.05. The normalized spacial score (nSPS) is 15.0. The first-order chi connectivity index (χ1) is 19.2. The van der Waals surface area contributed by atoms with Crippen LogP contribution in [0.15, 0.2) is 83.6 Å². The predicted molar refractivity (Wildman–Crippen MR) is 170 cm³/mol. The van der Waals surface area contributed by atoms with Crippen molar-refractivity contribution in [2.75, 3.05) is 6.61 Å². The number of nitrogens with one attached hydrogen (secondary N) is 2. The van der Waals surface area contributed by atoms with E-state index in [4.69, 9.17) is 14.3 Å². The van der Waals surface area contributed by atoms with E-state index in [1.165, 1.54) is 13.0 Å². The molecular weight excluding hydrogens is 595 g/mol. The SMILES string of the molecule is C[C@@H](/C=C/S(N)(=O)=O)NS(=O)(=O)/C=C/[C@H](CO[Si](c1ccccc1)(c1ccccc1)C(C)(C)C)NC(=O)OC(C)(C)C. The molecule has 42 heavy (non-hydrogen) atoms. The van der Waals surface area contributed by atoms with E-state index in [1.807, 2.05) is 60.7 Å². The maximum absolute atomic E-state index is 12.8. The Hall–Kier alpha value is -2.81. The fraction of sp³-hybridized carbons (Fsp3) is 0.414. The third-order valence-corrected chi connectivity index (χ3v) is 12.8. The summed E-state index contributed by atoms with van der Waals surface area (Å²) in [6.07, 6.45) is 1.68. The Morgan fingerprint density at radius 1 is 0.881 bits per heavy atom. The van der Waals surface area contributed by atoms with Crippen LogP contribution in [0, 0.1) is 0 Å². The fourth-order valence-corrected chi connectivity index (χ4v) is 10.5. The Morgan fingerprint density at radius 2 is 1.38 bits per heavy atom.